The van der Waals surface area contributed by atoms with Crippen LogP contribution in [0.15, 0.2) is 42.5 Å². The Labute approximate surface area is 109 Å². The highest BCUT2D eigenvalue weighted by Crippen LogP contribution is 2.19. The summed E-state index contributed by atoms with van der Waals surface area (Å²) in [6, 6.07) is 13.2. The average Bonchev–Trinajstić information content (AvgIpc) is 2.83. The van der Waals surface area contributed by atoms with Crippen molar-refractivity contribution in [1.29, 1.82) is 0 Å². The Bertz CT molecular complexity index is 688. The number of halogens is 1. The molecule has 0 fully saturated rings. The fraction of sp³-hybridized carbons (Fsp3) is 0.0769. The number of fused-ring (bicyclic) bond motifs is 1. The molecule has 0 spiro atoms. The van der Waals surface area contributed by atoms with Crippen LogP contribution in [0.1, 0.15) is 5.69 Å². The molecular weight excluding hydrogens is 248 g/mol. The summed E-state index contributed by atoms with van der Waals surface area (Å²) in [6.45, 7) is 0.431. The SMILES string of the molecule is NCc1cccc2nc(-c3ccc(Cl)cc3)nn12. The van der Waals surface area contributed by atoms with E-state index >= 15 is 0 Å². The van der Waals surface area contributed by atoms with Crippen molar-refractivity contribution in [3.05, 3.63) is 53.2 Å². The van der Waals surface area contributed by atoms with Crippen molar-refractivity contribution >= 4 is 17.2 Å². The number of hydrogen-bond acceptors (Lipinski definition) is 3. The second-order valence-electron chi connectivity index (χ2n) is 3.93. The fourth-order valence-corrected chi connectivity index (χ4v) is 1.96. The summed E-state index contributed by atoms with van der Waals surface area (Å²) in [6.07, 6.45) is 0. The monoisotopic (exact) mass is 258 g/mol. The van der Waals surface area contributed by atoms with Crippen molar-refractivity contribution in [3.63, 3.8) is 0 Å². The van der Waals surface area contributed by atoms with Gasteiger partial charge in [-0.15, -0.1) is 5.10 Å². The van der Waals surface area contributed by atoms with E-state index in [1.807, 2.05) is 42.5 Å². The van der Waals surface area contributed by atoms with Crippen molar-refractivity contribution in [2.75, 3.05) is 0 Å². The Morgan fingerprint density at radius 2 is 1.89 bits per heavy atom. The smallest absolute Gasteiger partial charge is 0.182 e. The van der Waals surface area contributed by atoms with Crippen molar-refractivity contribution in [1.82, 2.24) is 14.6 Å². The third-order valence-corrected chi connectivity index (χ3v) is 3.00. The van der Waals surface area contributed by atoms with Crippen molar-refractivity contribution in [2.24, 2.45) is 5.73 Å². The zero-order chi connectivity index (χ0) is 12.5. The van der Waals surface area contributed by atoms with Gasteiger partial charge in [0.2, 0.25) is 0 Å². The average molecular weight is 259 g/mol. The second-order valence-corrected chi connectivity index (χ2v) is 4.37. The van der Waals surface area contributed by atoms with Crippen LogP contribution >= 0.6 is 11.6 Å². The molecule has 0 saturated carbocycles. The number of hydrogen-bond donors (Lipinski definition) is 1. The van der Waals surface area contributed by atoms with E-state index in [-0.39, 0.29) is 0 Å². The Balaban J connectivity index is 2.16. The first-order valence-electron chi connectivity index (χ1n) is 5.58. The Morgan fingerprint density at radius 1 is 1.11 bits per heavy atom. The molecule has 3 rings (SSSR count). The van der Waals surface area contributed by atoms with Gasteiger partial charge in [0.1, 0.15) is 0 Å². The molecule has 0 bridgehead atoms. The van der Waals surface area contributed by atoms with Gasteiger partial charge in [-0.1, -0.05) is 17.7 Å². The van der Waals surface area contributed by atoms with Gasteiger partial charge in [-0.3, -0.25) is 0 Å². The van der Waals surface area contributed by atoms with Crippen LogP contribution in [0.5, 0.6) is 0 Å². The Kier molecular flexibility index (Phi) is 2.74. The van der Waals surface area contributed by atoms with E-state index in [9.17, 15) is 0 Å². The molecule has 1 aromatic carbocycles. The van der Waals surface area contributed by atoms with E-state index < -0.39 is 0 Å². The van der Waals surface area contributed by atoms with E-state index in [0.29, 0.717) is 17.4 Å². The van der Waals surface area contributed by atoms with E-state index in [0.717, 1.165) is 16.9 Å². The highest BCUT2D eigenvalue weighted by molar-refractivity contribution is 6.30. The molecule has 0 amide bonds. The van der Waals surface area contributed by atoms with Crippen LogP contribution in [-0.2, 0) is 6.54 Å². The van der Waals surface area contributed by atoms with Gasteiger partial charge in [0, 0.05) is 17.1 Å². The standard InChI is InChI=1S/C13H11ClN4/c14-10-6-4-9(5-7-10)13-16-12-3-1-2-11(8-15)18(12)17-13/h1-7H,8,15H2. The normalized spacial score (nSPS) is 11.0. The second kappa shape index (κ2) is 4.40. The molecule has 3 aromatic rings. The van der Waals surface area contributed by atoms with Gasteiger partial charge in [0.15, 0.2) is 11.5 Å². The zero-order valence-electron chi connectivity index (χ0n) is 9.55. The quantitative estimate of drug-likeness (QED) is 0.768. The number of benzene rings is 1. The summed E-state index contributed by atoms with van der Waals surface area (Å²) in [5, 5.41) is 5.17. The molecule has 0 aliphatic rings. The lowest BCUT2D eigenvalue weighted by atomic mass is 10.2. The van der Waals surface area contributed by atoms with E-state index in [4.69, 9.17) is 17.3 Å². The third-order valence-electron chi connectivity index (χ3n) is 2.75. The minimum atomic E-state index is 0.431. The van der Waals surface area contributed by atoms with E-state index in [2.05, 4.69) is 10.1 Å². The molecule has 0 unspecified atom stereocenters. The maximum absolute atomic E-state index is 5.86. The summed E-state index contributed by atoms with van der Waals surface area (Å²) in [5.41, 5.74) is 8.34. The third kappa shape index (κ3) is 1.85. The van der Waals surface area contributed by atoms with Crippen molar-refractivity contribution < 1.29 is 0 Å². The summed E-state index contributed by atoms with van der Waals surface area (Å²) >= 11 is 5.86. The minimum Gasteiger partial charge on any atom is -0.325 e. The number of nitrogens with zero attached hydrogens (tertiary/aromatic N) is 3. The molecule has 0 aliphatic carbocycles. The fourth-order valence-electron chi connectivity index (χ4n) is 1.84. The van der Waals surface area contributed by atoms with Crippen LogP contribution in [0.2, 0.25) is 5.02 Å². The first-order chi connectivity index (χ1) is 8.78. The van der Waals surface area contributed by atoms with Crippen LogP contribution < -0.4 is 5.73 Å². The highest BCUT2D eigenvalue weighted by Gasteiger charge is 2.07. The molecular formula is C13H11ClN4. The molecule has 2 N–H and O–H groups in total. The van der Waals surface area contributed by atoms with Crippen LogP contribution in [0.3, 0.4) is 0 Å². The van der Waals surface area contributed by atoms with Gasteiger partial charge in [-0.2, -0.15) is 0 Å². The van der Waals surface area contributed by atoms with Crippen LogP contribution in [0.4, 0.5) is 0 Å². The van der Waals surface area contributed by atoms with Gasteiger partial charge in [-0.25, -0.2) is 9.50 Å². The van der Waals surface area contributed by atoms with Crippen LogP contribution in [0.25, 0.3) is 17.0 Å². The molecule has 0 aliphatic heterocycles. The summed E-state index contributed by atoms with van der Waals surface area (Å²) in [5.74, 6) is 0.674. The molecule has 90 valence electrons. The number of pyridine rings is 1. The summed E-state index contributed by atoms with van der Waals surface area (Å²) in [4.78, 5) is 4.47. The van der Waals surface area contributed by atoms with Crippen LogP contribution in [-0.4, -0.2) is 14.6 Å². The summed E-state index contributed by atoms with van der Waals surface area (Å²) < 4.78 is 1.77. The number of rotatable bonds is 2. The molecule has 5 heteroatoms. The van der Waals surface area contributed by atoms with Gasteiger partial charge in [-0.05, 0) is 36.4 Å². The highest BCUT2D eigenvalue weighted by atomic mass is 35.5. The molecule has 2 aromatic heterocycles. The number of aromatic nitrogens is 3. The van der Waals surface area contributed by atoms with E-state index in [1.54, 1.807) is 4.52 Å². The molecule has 4 nitrogen and oxygen atoms in total. The predicted molar refractivity (Wildman–Crippen MR) is 71.3 cm³/mol. The molecule has 18 heavy (non-hydrogen) atoms. The topological polar surface area (TPSA) is 56.2 Å². The first kappa shape index (κ1) is 11.2. The number of nitrogens with two attached hydrogens (primary N) is 1. The van der Waals surface area contributed by atoms with Crippen molar-refractivity contribution in [3.8, 4) is 11.4 Å². The molecule has 2 heterocycles. The zero-order valence-corrected chi connectivity index (χ0v) is 10.3. The predicted octanol–water partition coefficient (Wildman–Crippen LogP) is 2.51. The lowest BCUT2D eigenvalue weighted by Gasteiger charge is -1.98. The van der Waals surface area contributed by atoms with Crippen molar-refractivity contribution in [2.45, 2.75) is 6.54 Å². The summed E-state index contributed by atoms with van der Waals surface area (Å²) in [7, 11) is 0. The Hall–Kier alpha value is -1.91. The lowest BCUT2D eigenvalue weighted by Crippen LogP contribution is -2.04. The maximum Gasteiger partial charge on any atom is 0.182 e. The largest absolute Gasteiger partial charge is 0.325 e. The van der Waals surface area contributed by atoms with Gasteiger partial charge in [0.05, 0.1) is 5.69 Å². The molecule has 0 saturated heterocycles. The molecule has 0 atom stereocenters. The maximum atomic E-state index is 5.86. The minimum absolute atomic E-state index is 0.431. The van der Waals surface area contributed by atoms with E-state index in [1.165, 1.54) is 0 Å². The van der Waals surface area contributed by atoms with Gasteiger partial charge < -0.3 is 5.73 Å². The Morgan fingerprint density at radius 3 is 2.61 bits per heavy atom. The van der Waals surface area contributed by atoms with Gasteiger partial charge >= 0.3 is 0 Å². The molecule has 0 radical (unpaired) electrons. The van der Waals surface area contributed by atoms with Gasteiger partial charge in [0.25, 0.3) is 0 Å². The first-order valence-corrected chi connectivity index (χ1v) is 5.96. The lowest BCUT2D eigenvalue weighted by molar-refractivity contribution is 0.852. The van der Waals surface area contributed by atoms with Crippen LogP contribution in [0, 0.1) is 0 Å².